The molecular formula is C15H24N2. The van der Waals surface area contributed by atoms with Crippen LogP contribution in [0.4, 0.5) is 0 Å². The molecule has 1 N–H and O–H groups in total. The molecule has 2 heteroatoms. The van der Waals surface area contributed by atoms with Gasteiger partial charge >= 0.3 is 0 Å². The largest absolute Gasteiger partial charge is 0.311 e. The van der Waals surface area contributed by atoms with E-state index in [2.05, 4.69) is 54.4 Å². The molecule has 0 saturated carbocycles. The van der Waals surface area contributed by atoms with Crippen molar-refractivity contribution in [2.75, 3.05) is 13.1 Å². The molecule has 2 atom stereocenters. The normalized spacial score (nSPS) is 26.0. The third kappa shape index (κ3) is 3.55. The fraction of sp³-hybridized carbons (Fsp3) is 0.600. The van der Waals surface area contributed by atoms with E-state index in [-0.39, 0.29) is 0 Å². The summed E-state index contributed by atoms with van der Waals surface area (Å²) in [6, 6.07) is 12.1. The first-order chi connectivity index (χ1) is 8.29. The Morgan fingerprint density at radius 3 is 2.76 bits per heavy atom. The first-order valence-electron chi connectivity index (χ1n) is 6.81. The van der Waals surface area contributed by atoms with Crippen LogP contribution in [0.25, 0.3) is 0 Å². The number of rotatable bonds is 4. The minimum atomic E-state index is 0.642. The van der Waals surface area contributed by atoms with Crippen LogP contribution in [0.2, 0.25) is 0 Å². The highest BCUT2D eigenvalue weighted by molar-refractivity contribution is 5.14. The minimum Gasteiger partial charge on any atom is -0.311 e. The van der Waals surface area contributed by atoms with Crippen LogP contribution in [0, 0.1) is 0 Å². The van der Waals surface area contributed by atoms with Gasteiger partial charge in [-0.15, -0.1) is 0 Å². The van der Waals surface area contributed by atoms with E-state index in [4.69, 9.17) is 0 Å². The predicted octanol–water partition coefficient (Wildman–Crippen LogP) is 2.65. The van der Waals surface area contributed by atoms with Crippen LogP contribution in [0.3, 0.4) is 0 Å². The Morgan fingerprint density at radius 2 is 2.06 bits per heavy atom. The second-order valence-corrected chi connectivity index (χ2v) is 5.16. The maximum atomic E-state index is 3.64. The first-order valence-corrected chi connectivity index (χ1v) is 6.81. The van der Waals surface area contributed by atoms with E-state index in [0.29, 0.717) is 12.1 Å². The summed E-state index contributed by atoms with van der Waals surface area (Å²) in [6.07, 6.45) is 2.56. The Kier molecular flexibility index (Phi) is 4.57. The summed E-state index contributed by atoms with van der Waals surface area (Å²) in [4.78, 5) is 2.60. The highest BCUT2D eigenvalue weighted by atomic mass is 15.2. The van der Waals surface area contributed by atoms with Crippen molar-refractivity contribution >= 4 is 0 Å². The van der Waals surface area contributed by atoms with Crippen LogP contribution in [-0.2, 0) is 6.54 Å². The molecule has 1 aliphatic heterocycles. The standard InChI is InChI=1S/C15H24N2/c1-3-7-15-12-17(13(2)10-16-15)11-14-8-5-4-6-9-14/h4-6,8-9,13,15-16H,3,7,10-12H2,1-2H3/t13-,15+/m0/s1. The zero-order chi connectivity index (χ0) is 12.1. The van der Waals surface area contributed by atoms with Crippen molar-refractivity contribution in [1.82, 2.24) is 10.2 Å². The first kappa shape index (κ1) is 12.6. The van der Waals surface area contributed by atoms with Crippen LogP contribution in [0.1, 0.15) is 32.3 Å². The monoisotopic (exact) mass is 232 g/mol. The average molecular weight is 232 g/mol. The third-order valence-corrected chi connectivity index (χ3v) is 3.65. The van der Waals surface area contributed by atoms with Gasteiger partial charge in [0.15, 0.2) is 0 Å². The summed E-state index contributed by atoms with van der Waals surface area (Å²) in [7, 11) is 0. The SMILES string of the molecule is CCC[C@@H]1CN(Cc2ccccc2)[C@@H](C)CN1. The highest BCUT2D eigenvalue weighted by Gasteiger charge is 2.23. The summed E-state index contributed by atoms with van der Waals surface area (Å²) < 4.78 is 0. The zero-order valence-corrected chi connectivity index (χ0v) is 11.0. The summed E-state index contributed by atoms with van der Waals surface area (Å²) in [5.74, 6) is 0. The number of nitrogens with zero attached hydrogens (tertiary/aromatic N) is 1. The zero-order valence-electron chi connectivity index (χ0n) is 11.0. The fourth-order valence-electron chi connectivity index (χ4n) is 2.57. The molecular weight excluding hydrogens is 208 g/mol. The molecule has 0 unspecified atom stereocenters. The van der Waals surface area contributed by atoms with Crippen LogP contribution in [0.5, 0.6) is 0 Å². The molecule has 0 bridgehead atoms. The van der Waals surface area contributed by atoms with Crippen molar-refractivity contribution in [3.8, 4) is 0 Å². The van der Waals surface area contributed by atoms with Crippen molar-refractivity contribution in [2.24, 2.45) is 0 Å². The van der Waals surface area contributed by atoms with Crippen molar-refractivity contribution < 1.29 is 0 Å². The number of nitrogens with one attached hydrogen (secondary N) is 1. The lowest BCUT2D eigenvalue weighted by Gasteiger charge is -2.39. The van der Waals surface area contributed by atoms with Gasteiger partial charge in [0.1, 0.15) is 0 Å². The summed E-state index contributed by atoms with van der Waals surface area (Å²) in [5, 5.41) is 3.64. The average Bonchev–Trinajstić information content (AvgIpc) is 2.35. The van der Waals surface area contributed by atoms with Gasteiger partial charge in [0.2, 0.25) is 0 Å². The number of piperazine rings is 1. The predicted molar refractivity (Wildman–Crippen MR) is 73.0 cm³/mol. The topological polar surface area (TPSA) is 15.3 Å². The Labute approximate surface area is 105 Å². The molecule has 0 radical (unpaired) electrons. The number of benzene rings is 1. The van der Waals surface area contributed by atoms with Gasteiger partial charge in [0, 0.05) is 31.7 Å². The quantitative estimate of drug-likeness (QED) is 0.858. The molecule has 0 amide bonds. The van der Waals surface area contributed by atoms with Gasteiger partial charge in [-0.3, -0.25) is 4.90 Å². The number of hydrogen-bond acceptors (Lipinski definition) is 2. The Morgan fingerprint density at radius 1 is 1.29 bits per heavy atom. The van der Waals surface area contributed by atoms with E-state index >= 15 is 0 Å². The molecule has 2 nitrogen and oxygen atoms in total. The van der Waals surface area contributed by atoms with Crippen LogP contribution >= 0.6 is 0 Å². The summed E-state index contributed by atoms with van der Waals surface area (Å²) in [5.41, 5.74) is 1.43. The molecule has 1 aromatic carbocycles. The number of hydrogen-bond donors (Lipinski definition) is 1. The van der Waals surface area contributed by atoms with Crippen molar-refractivity contribution in [3.63, 3.8) is 0 Å². The van der Waals surface area contributed by atoms with Gasteiger partial charge in [-0.25, -0.2) is 0 Å². The van der Waals surface area contributed by atoms with Crippen molar-refractivity contribution in [2.45, 2.75) is 45.3 Å². The lowest BCUT2D eigenvalue weighted by atomic mass is 10.0. The Bertz CT molecular complexity index is 323. The molecule has 0 aliphatic carbocycles. The maximum Gasteiger partial charge on any atom is 0.0237 e. The van der Waals surface area contributed by atoms with Crippen LogP contribution < -0.4 is 5.32 Å². The molecule has 1 aromatic rings. The lowest BCUT2D eigenvalue weighted by Crippen LogP contribution is -2.54. The van der Waals surface area contributed by atoms with Gasteiger partial charge in [-0.05, 0) is 18.9 Å². The van der Waals surface area contributed by atoms with Crippen LogP contribution in [0.15, 0.2) is 30.3 Å². The van der Waals surface area contributed by atoms with Crippen molar-refractivity contribution in [1.29, 1.82) is 0 Å². The highest BCUT2D eigenvalue weighted by Crippen LogP contribution is 2.14. The van der Waals surface area contributed by atoms with Gasteiger partial charge in [0.05, 0.1) is 0 Å². The smallest absolute Gasteiger partial charge is 0.0237 e. The fourth-order valence-corrected chi connectivity index (χ4v) is 2.57. The second-order valence-electron chi connectivity index (χ2n) is 5.16. The third-order valence-electron chi connectivity index (χ3n) is 3.65. The van der Waals surface area contributed by atoms with Gasteiger partial charge in [-0.2, -0.15) is 0 Å². The van der Waals surface area contributed by atoms with Crippen LogP contribution in [-0.4, -0.2) is 30.1 Å². The lowest BCUT2D eigenvalue weighted by molar-refractivity contribution is 0.129. The summed E-state index contributed by atoms with van der Waals surface area (Å²) in [6.45, 7) is 7.98. The van der Waals surface area contributed by atoms with Gasteiger partial charge in [0.25, 0.3) is 0 Å². The molecule has 0 aromatic heterocycles. The molecule has 0 spiro atoms. The van der Waals surface area contributed by atoms with Gasteiger partial charge < -0.3 is 5.32 Å². The van der Waals surface area contributed by atoms with E-state index < -0.39 is 0 Å². The molecule has 1 fully saturated rings. The second kappa shape index (κ2) is 6.18. The Hall–Kier alpha value is -0.860. The minimum absolute atomic E-state index is 0.642. The molecule has 1 aliphatic rings. The molecule has 1 heterocycles. The molecule has 2 rings (SSSR count). The van der Waals surface area contributed by atoms with Crippen molar-refractivity contribution in [3.05, 3.63) is 35.9 Å². The molecule has 1 saturated heterocycles. The Balaban J connectivity index is 1.94. The van der Waals surface area contributed by atoms with E-state index in [0.717, 1.165) is 13.1 Å². The van der Waals surface area contributed by atoms with E-state index in [9.17, 15) is 0 Å². The molecule has 94 valence electrons. The molecule has 17 heavy (non-hydrogen) atoms. The van der Waals surface area contributed by atoms with E-state index in [1.54, 1.807) is 0 Å². The summed E-state index contributed by atoms with van der Waals surface area (Å²) >= 11 is 0. The van der Waals surface area contributed by atoms with Gasteiger partial charge in [-0.1, -0.05) is 43.7 Å². The van der Waals surface area contributed by atoms with E-state index in [1.165, 1.54) is 24.9 Å². The van der Waals surface area contributed by atoms with E-state index in [1.807, 2.05) is 0 Å². The maximum absolute atomic E-state index is 3.64.